The molecule has 1 N–H and O–H groups in total. The third-order valence-electron chi connectivity index (χ3n) is 1.62. The molecule has 13 heavy (non-hydrogen) atoms. The predicted octanol–water partition coefficient (Wildman–Crippen LogP) is 1.33. The van der Waals surface area contributed by atoms with Gasteiger partial charge in [0.25, 0.3) is 0 Å². The van der Waals surface area contributed by atoms with E-state index >= 15 is 0 Å². The molecule has 0 saturated carbocycles. The summed E-state index contributed by atoms with van der Waals surface area (Å²) in [4.78, 5) is 6.23. The minimum atomic E-state index is -0.302. The van der Waals surface area contributed by atoms with Crippen LogP contribution in [-0.2, 0) is 6.54 Å². The second kappa shape index (κ2) is 5.70. The third-order valence-corrected chi connectivity index (χ3v) is 3.00. The van der Waals surface area contributed by atoms with Gasteiger partial charge in [-0.05, 0) is 7.05 Å². The Morgan fingerprint density at radius 1 is 1.77 bits per heavy atom. The summed E-state index contributed by atoms with van der Waals surface area (Å²) < 4.78 is 0. The first-order valence-electron chi connectivity index (χ1n) is 4.02. The maximum atomic E-state index is 9.35. The molecule has 1 heterocycles. The molecule has 0 amide bonds. The molecule has 0 aromatic carbocycles. The maximum Gasteiger partial charge on any atom is 0.0795 e. The Morgan fingerprint density at radius 2 is 2.54 bits per heavy atom. The van der Waals surface area contributed by atoms with Crippen LogP contribution in [0.2, 0.25) is 0 Å². The summed E-state index contributed by atoms with van der Waals surface area (Å²) in [5.41, 5.74) is 2.89. The van der Waals surface area contributed by atoms with Gasteiger partial charge in [-0.1, -0.05) is 15.9 Å². The number of thiazole rings is 1. The monoisotopic (exact) mass is 264 g/mol. The Kier molecular flexibility index (Phi) is 4.87. The zero-order valence-corrected chi connectivity index (χ0v) is 9.88. The van der Waals surface area contributed by atoms with Crippen LogP contribution in [0.5, 0.6) is 0 Å². The summed E-state index contributed by atoms with van der Waals surface area (Å²) in [6, 6.07) is 0. The average Bonchev–Trinajstić information content (AvgIpc) is 2.56. The molecule has 74 valence electrons. The van der Waals surface area contributed by atoms with Gasteiger partial charge in [0.05, 0.1) is 17.3 Å². The normalized spacial score (nSPS) is 13.5. The van der Waals surface area contributed by atoms with Crippen molar-refractivity contribution in [1.29, 1.82) is 0 Å². The van der Waals surface area contributed by atoms with Crippen LogP contribution >= 0.6 is 27.3 Å². The largest absolute Gasteiger partial charge is 0.391 e. The lowest BCUT2D eigenvalue weighted by atomic mass is 10.3. The van der Waals surface area contributed by atoms with Gasteiger partial charge in [-0.25, -0.2) is 4.98 Å². The van der Waals surface area contributed by atoms with Gasteiger partial charge < -0.3 is 5.11 Å². The highest BCUT2D eigenvalue weighted by atomic mass is 79.9. The van der Waals surface area contributed by atoms with Crippen molar-refractivity contribution in [2.45, 2.75) is 12.6 Å². The molecule has 1 unspecified atom stereocenters. The number of rotatable bonds is 5. The molecule has 1 aromatic heterocycles. The fraction of sp³-hybridized carbons (Fsp3) is 0.625. The molecule has 0 aliphatic rings. The van der Waals surface area contributed by atoms with Gasteiger partial charge >= 0.3 is 0 Å². The summed E-state index contributed by atoms with van der Waals surface area (Å²) in [6.45, 7) is 1.47. The highest BCUT2D eigenvalue weighted by molar-refractivity contribution is 9.09. The first kappa shape index (κ1) is 11.1. The van der Waals surface area contributed by atoms with Crippen molar-refractivity contribution >= 4 is 27.3 Å². The van der Waals surface area contributed by atoms with Crippen LogP contribution in [0.3, 0.4) is 0 Å². The Labute approximate surface area is 90.5 Å². The highest BCUT2D eigenvalue weighted by Gasteiger charge is 2.07. The summed E-state index contributed by atoms with van der Waals surface area (Å²) in [7, 11) is 1.98. The lowest BCUT2D eigenvalue weighted by molar-refractivity contribution is 0.142. The number of halogens is 1. The maximum absolute atomic E-state index is 9.35. The van der Waals surface area contributed by atoms with E-state index in [0.717, 1.165) is 12.2 Å². The Balaban J connectivity index is 2.29. The molecule has 0 bridgehead atoms. The van der Waals surface area contributed by atoms with Crippen molar-refractivity contribution in [2.24, 2.45) is 0 Å². The molecular weight excluding hydrogens is 252 g/mol. The molecule has 0 fully saturated rings. The smallest absolute Gasteiger partial charge is 0.0795 e. The number of alkyl halides is 1. The molecule has 3 nitrogen and oxygen atoms in total. The standard InChI is InChI=1S/C8H13BrN2OS/c1-11(4-8(12)2-9)3-7-5-13-6-10-7/h5-6,8,12H,2-4H2,1H3. The third kappa shape index (κ3) is 4.17. The molecule has 0 aliphatic heterocycles. The summed E-state index contributed by atoms with van der Waals surface area (Å²) in [6.07, 6.45) is -0.302. The van der Waals surface area contributed by atoms with E-state index in [1.165, 1.54) is 0 Å². The van der Waals surface area contributed by atoms with Crippen molar-refractivity contribution in [3.63, 3.8) is 0 Å². The van der Waals surface area contributed by atoms with Crippen LogP contribution in [-0.4, -0.2) is 40.0 Å². The van der Waals surface area contributed by atoms with Crippen LogP contribution in [0.25, 0.3) is 0 Å². The first-order chi connectivity index (χ1) is 6.22. The van der Waals surface area contributed by atoms with Gasteiger partial charge in [0, 0.05) is 23.8 Å². The number of aliphatic hydroxyl groups excluding tert-OH is 1. The quantitative estimate of drug-likeness (QED) is 0.816. The van der Waals surface area contributed by atoms with E-state index in [9.17, 15) is 5.11 Å². The van der Waals surface area contributed by atoms with E-state index in [-0.39, 0.29) is 6.10 Å². The predicted molar refractivity (Wildman–Crippen MR) is 58.2 cm³/mol. The average molecular weight is 265 g/mol. The van der Waals surface area contributed by atoms with Crippen molar-refractivity contribution in [1.82, 2.24) is 9.88 Å². The van der Waals surface area contributed by atoms with Crippen LogP contribution < -0.4 is 0 Å². The van der Waals surface area contributed by atoms with E-state index in [4.69, 9.17) is 0 Å². The van der Waals surface area contributed by atoms with E-state index in [0.29, 0.717) is 11.9 Å². The van der Waals surface area contributed by atoms with Crippen LogP contribution in [0.1, 0.15) is 5.69 Å². The van der Waals surface area contributed by atoms with Gasteiger partial charge in [0.2, 0.25) is 0 Å². The molecule has 0 spiro atoms. The van der Waals surface area contributed by atoms with Crippen molar-refractivity contribution in [3.05, 3.63) is 16.6 Å². The molecule has 0 saturated heterocycles. The molecular formula is C8H13BrN2OS. The molecule has 1 aromatic rings. The number of nitrogens with zero attached hydrogens (tertiary/aromatic N) is 2. The van der Waals surface area contributed by atoms with Crippen LogP contribution in [0.4, 0.5) is 0 Å². The van der Waals surface area contributed by atoms with E-state index in [2.05, 4.69) is 25.8 Å². The Bertz CT molecular complexity index is 230. The number of hydrogen-bond donors (Lipinski definition) is 1. The highest BCUT2D eigenvalue weighted by Crippen LogP contribution is 2.04. The lowest BCUT2D eigenvalue weighted by Gasteiger charge is -2.17. The summed E-state index contributed by atoms with van der Waals surface area (Å²) in [5.74, 6) is 0. The summed E-state index contributed by atoms with van der Waals surface area (Å²) in [5, 5.41) is 12.0. The number of aliphatic hydroxyl groups is 1. The topological polar surface area (TPSA) is 36.4 Å². The zero-order chi connectivity index (χ0) is 9.68. The van der Waals surface area contributed by atoms with Gasteiger partial charge in [0.1, 0.15) is 0 Å². The Morgan fingerprint density at radius 3 is 3.08 bits per heavy atom. The molecule has 1 atom stereocenters. The van der Waals surface area contributed by atoms with E-state index < -0.39 is 0 Å². The second-order valence-electron chi connectivity index (χ2n) is 2.98. The van der Waals surface area contributed by atoms with Gasteiger partial charge in [-0.2, -0.15) is 0 Å². The van der Waals surface area contributed by atoms with Gasteiger partial charge in [-0.15, -0.1) is 11.3 Å². The molecule has 1 rings (SSSR count). The summed E-state index contributed by atoms with van der Waals surface area (Å²) >= 11 is 4.83. The van der Waals surface area contributed by atoms with E-state index in [1.807, 2.05) is 17.9 Å². The van der Waals surface area contributed by atoms with Crippen molar-refractivity contribution in [2.75, 3.05) is 18.9 Å². The molecule has 0 aliphatic carbocycles. The fourth-order valence-corrected chi connectivity index (χ4v) is 1.82. The van der Waals surface area contributed by atoms with Crippen molar-refractivity contribution in [3.8, 4) is 0 Å². The molecule has 5 heteroatoms. The van der Waals surface area contributed by atoms with Crippen LogP contribution in [0.15, 0.2) is 10.9 Å². The van der Waals surface area contributed by atoms with E-state index in [1.54, 1.807) is 11.3 Å². The van der Waals surface area contributed by atoms with Gasteiger partial charge in [0.15, 0.2) is 0 Å². The van der Waals surface area contributed by atoms with Crippen molar-refractivity contribution < 1.29 is 5.11 Å². The number of aromatic nitrogens is 1. The minimum Gasteiger partial charge on any atom is -0.391 e. The minimum absolute atomic E-state index is 0.302. The number of likely N-dealkylation sites (N-methyl/N-ethyl adjacent to an activating group) is 1. The number of hydrogen-bond acceptors (Lipinski definition) is 4. The molecule has 0 radical (unpaired) electrons. The SMILES string of the molecule is CN(Cc1cscn1)CC(O)CBr. The second-order valence-corrected chi connectivity index (χ2v) is 4.35. The Hall–Kier alpha value is 0.0300. The lowest BCUT2D eigenvalue weighted by Crippen LogP contribution is -2.29. The van der Waals surface area contributed by atoms with Gasteiger partial charge in [-0.3, -0.25) is 4.90 Å². The van der Waals surface area contributed by atoms with Crippen LogP contribution in [0, 0.1) is 0 Å². The zero-order valence-electron chi connectivity index (χ0n) is 7.48. The first-order valence-corrected chi connectivity index (χ1v) is 6.08. The fourth-order valence-electron chi connectivity index (χ4n) is 1.07.